The van der Waals surface area contributed by atoms with Crippen LogP contribution in [-0.2, 0) is 4.79 Å². The van der Waals surface area contributed by atoms with Gasteiger partial charge in [-0.2, -0.15) is 0 Å². The van der Waals surface area contributed by atoms with Crippen molar-refractivity contribution in [1.29, 1.82) is 0 Å². The summed E-state index contributed by atoms with van der Waals surface area (Å²) in [6, 6.07) is 5.68. The number of hydrogen-bond donors (Lipinski definition) is 3. The van der Waals surface area contributed by atoms with Crippen molar-refractivity contribution in [2.75, 3.05) is 13.2 Å². The van der Waals surface area contributed by atoms with Gasteiger partial charge in [0, 0.05) is 18.6 Å². The highest BCUT2D eigenvalue weighted by Crippen LogP contribution is 2.25. The quantitative estimate of drug-likeness (QED) is 0.733. The van der Waals surface area contributed by atoms with E-state index in [-0.39, 0.29) is 36.8 Å². The van der Waals surface area contributed by atoms with Crippen LogP contribution in [0.2, 0.25) is 0 Å². The number of carbonyl (C=O) groups is 1. The largest absolute Gasteiger partial charge is 0.481 e. The van der Waals surface area contributed by atoms with Crippen molar-refractivity contribution in [3.63, 3.8) is 0 Å². The molecule has 1 aromatic rings. The predicted molar refractivity (Wildman–Crippen MR) is 69.6 cm³/mol. The Kier molecular flexibility index (Phi) is 4.92. The summed E-state index contributed by atoms with van der Waals surface area (Å²) >= 11 is 0. The Morgan fingerprint density at radius 3 is 2.80 bits per heavy atom. The van der Waals surface area contributed by atoms with E-state index in [0.717, 1.165) is 0 Å². The van der Waals surface area contributed by atoms with Gasteiger partial charge in [0.05, 0.1) is 6.10 Å². The zero-order valence-electron chi connectivity index (χ0n) is 11.0. The monoisotopic (exact) mass is 283 g/mol. The lowest BCUT2D eigenvalue weighted by atomic mass is 10.1. The summed E-state index contributed by atoms with van der Waals surface area (Å²) in [7, 11) is 0. The molecule has 20 heavy (non-hydrogen) atoms. The lowest BCUT2D eigenvalue weighted by Gasteiger charge is -2.13. The second kappa shape index (κ2) is 6.67. The van der Waals surface area contributed by atoms with Gasteiger partial charge < -0.3 is 20.3 Å². The first-order valence-corrected chi connectivity index (χ1v) is 6.55. The molecule has 0 aromatic heterocycles. The van der Waals surface area contributed by atoms with Crippen LogP contribution in [0.25, 0.3) is 0 Å². The van der Waals surface area contributed by atoms with Crippen LogP contribution in [0.15, 0.2) is 24.3 Å². The number of amides is 1. The summed E-state index contributed by atoms with van der Waals surface area (Å²) in [6.07, 6.45) is 0.345. The van der Waals surface area contributed by atoms with E-state index in [1.54, 1.807) is 6.07 Å². The number of para-hydroxylation sites is 1. The van der Waals surface area contributed by atoms with Crippen molar-refractivity contribution in [3.8, 4) is 5.75 Å². The summed E-state index contributed by atoms with van der Waals surface area (Å²) in [5.41, 5.74) is 0. The molecule has 0 spiro atoms. The first kappa shape index (κ1) is 14.7. The molecule has 1 aromatic carbocycles. The lowest BCUT2D eigenvalue weighted by molar-refractivity contribution is -0.123. The SMILES string of the molecule is O=C(COc1ccccc1F)N[C@@H]1C[C@H](CO)[C@H](O)C1. The molecule has 0 radical (unpaired) electrons. The van der Waals surface area contributed by atoms with E-state index in [4.69, 9.17) is 9.84 Å². The maximum atomic E-state index is 13.3. The molecule has 110 valence electrons. The van der Waals surface area contributed by atoms with Gasteiger partial charge in [0.2, 0.25) is 0 Å². The molecule has 6 heteroatoms. The maximum Gasteiger partial charge on any atom is 0.258 e. The number of rotatable bonds is 5. The van der Waals surface area contributed by atoms with Gasteiger partial charge in [-0.25, -0.2) is 4.39 Å². The second-order valence-corrected chi connectivity index (χ2v) is 4.96. The summed E-state index contributed by atoms with van der Waals surface area (Å²) < 4.78 is 18.4. The van der Waals surface area contributed by atoms with Crippen LogP contribution < -0.4 is 10.1 Å². The topological polar surface area (TPSA) is 78.8 Å². The molecule has 1 fully saturated rings. The minimum Gasteiger partial charge on any atom is -0.481 e. The Balaban J connectivity index is 1.78. The van der Waals surface area contributed by atoms with Gasteiger partial charge in [0.1, 0.15) is 0 Å². The third-order valence-electron chi connectivity index (χ3n) is 3.45. The molecule has 0 bridgehead atoms. The van der Waals surface area contributed by atoms with Crippen molar-refractivity contribution in [1.82, 2.24) is 5.32 Å². The van der Waals surface area contributed by atoms with Crippen LogP contribution in [0, 0.1) is 11.7 Å². The summed E-state index contributed by atoms with van der Waals surface area (Å²) in [5, 5.41) is 21.4. The first-order chi connectivity index (χ1) is 9.60. The zero-order valence-corrected chi connectivity index (χ0v) is 11.0. The fraction of sp³-hybridized carbons (Fsp3) is 0.500. The average molecular weight is 283 g/mol. The maximum absolute atomic E-state index is 13.3. The minimum atomic E-state index is -0.599. The molecule has 1 aliphatic carbocycles. The van der Waals surface area contributed by atoms with Crippen LogP contribution in [-0.4, -0.2) is 41.5 Å². The number of aliphatic hydroxyl groups excluding tert-OH is 2. The van der Waals surface area contributed by atoms with Crippen LogP contribution in [0.1, 0.15) is 12.8 Å². The molecule has 0 unspecified atom stereocenters. The fourth-order valence-electron chi connectivity index (χ4n) is 2.39. The van der Waals surface area contributed by atoms with Crippen LogP contribution in [0.5, 0.6) is 5.75 Å². The number of nitrogens with one attached hydrogen (secondary N) is 1. The zero-order chi connectivity index (χ0) is 14.5. The molecule has 3 atom stereocenters. The van der Waals surface area contributed by atoms with Crippen molar-refractivity contribution >= 4 is 5.91 Å². The minimum absolute atomic E-state index is 0.0299. The Hall–Kier alpha value is -1.66. The Morgan fingerprint density at radius 2 is 2.15 bits per heavy atom. The number of hydrogen-bond acceptors (Lipinski definition) is 4. The third kappa shape index (κ3) is 3.68. The van der Waals surface area contributed by atoms with Gasteiger partial charge in [0.15, 0.2) is 18.2 Å². The van der Waals surface area contributed by atoms with Gasteiger partial charge in [-0.05, 0) is 25.0 Å². The summed E-state index contributed by atoms with van der Waals surface area (Å²) in [6.45, 7) is -0.378. The van der Waals surface area contributed by atoms with Gasteiger partial charge in [-0.15, -0.1) is 0 Å². The van der Waals surface area contributed by atoms with Crippen molar-refractivity contribution in [2.24, 2.45) is 5.92 Å². The summed E-state index contributed by atoms with van der Waals surface area (Å²) in [5.74, 6) is -1.06. The summed E-state index contributed by atoms with van der Waals surface area (Å²) in [4.78, 5) is 11.7. The normalized spacial score (nSPS) is 25.4. The van der Waals surface area contributed by atoms with E-state index in [1.165, 1.54) is 18.2 Å². The molecule has 1 amide bonds. The van der Waals surface area contributed by atoms with Crippen LogP contribution in [0.4, 0.5) is 4.39 Å². The van der Waals surface area contributed by atoms with E-state index in [1.807, 2.05) is 0 Å². The van der Waals surface area contributed by atoms with Crippen molar-refractivity contribution in [2.45, 2.75) is 25.0 Å². The molecular formula is C14H18FNO4. The van der Waals surface area contributed by atoms with Crippen LogP contribution in [0.3, 0.4) is 0 Å². The Bertz CT molecular complexity index is 468. The smallest absolute Gasteiger partial charge is 0.258 e. The Labute approximate surface area is 116 Å². The molecule has 0 saturated heterocycles. The highest BCUT2D eigenvalue weighted by Gasteiger charge is 2.33. The van der Waals surface area contributed by atoms with Gasteiger partial charge in [0.25, 0.3) is 5.91 Å². The first-order valence-electron chi connectivity index (χ1n) is 6.55. The molecule has 3 N–H and O–H groups in total. The highest BCUT2D eigenvalue weighted by molar-refractivity contribution is 5.77. The fourth-order valence-corrected chi connectivity index (χ4v) is 2.39. The van der Waals surface area contributed by atoms with E-state index < -0.39 is 11.9 Å². The Morgan fingerprint density at radius 1 is 1.40 bits per heavy atom. The van der Waals surface area contributed by atoms with Crippen LogP contribution >= 0.6 is 0 Å². The van der Waals surface area contributed by atoms with Gasteiger partial charge in [-0.3, -0.25) is 4.79 Å². The molecule has 1 saturated carbocycles. The van der Waals surface area contributed by atoms with E-state index in [0.29, 0.717) is 12.8 Å². The second-order valence-electron chi connectivity index (χ2n) is 4.96. The van der Waals surface area contributed by atoms with E-state index in [9.17, 15) is 14.3 Å². The molecule has 2 rings (SSSR count). The number of carbonyl (C=O) groups excluding carboxylic acids is 1. The standard InChI is InChI=1S/C14H18FNO4/c15-11-3-1-2-4-13(11)20-8-14(19)16-10-5-9(7-17)12(18)6-10/h1-4,9-10,12,17-18H,5-8H2,(H,16,19)/t9-,10-,12-/m1/s1. The lowest BCUT2D eigenvalue weighted by Crippen LogP contribution is -2.36. The average Bonchev–Trinajstić information content (AvgIpc) is 2.77. The molecular weight excluding hydrogens is 265 g/mol. The molecule has 5 nitrogen and oxygen atoms in total. The van der Waals surface area contributed by atoms with Crippen molar-refractivity contribution in [3.05, 3.63) is 30.1 Å². The van der Waals surface area contributed by atoms with E-state index in [2.05, 4.69) is 5.32 Å². The number of aliphatic hydroxyl groups is 2. The highest BCUT2D eigenvalue weighted by atomic mass is 19.1. The number of benzene rings is 1. The number of ether oxygens (including phenoxy) is 1. The predicted octanol–water partition coefficient (Wildman–Crippen LogP) is 0.452. The van der Waals surface area contributed by atoms with E-state index >= 15 is 0 Å². The van der Waals surface area contributed by atoms with Gasteiger partial charge >= 0.3 is 0 Å². The van der Waals surface area contributed by atoms with Gasteiger partial charge in [-0.1, -0.05) is 12.1 Å². The molecule has 0 aliphatic heterocycles. The third-order valence-corrected chi connectivity index (χ3v) is 3.45. The van der Waals surface area contributed by atoms with Crippen molar-refractivity contribution < 1.29 is 24.1 Å². The number of halogens is 1. The molecule has 0 heterocycles. The molecule has 1 aliphatic rings.